The first-order valence-corrected chi connectivity index (χ1v) is 6.29. The van der Waals surface area contributed by atoms with E-state index in [0.29, 0.717) is 16.2 Å². The van der Waals surface area contributed by atoms with E-state index in [2.05, 4.69) is 4.98 Å². The SMILES string of the molecule is Cc1csc(-n2c(=O)n(C)c3c(O)cccc32)n1. The van der Waals surface area contributed by atoms with E-state index < -0.39 is 0 Å². The second kappa shape index (κ2) is 3.71. The molecule has 1 N–H and O–H groups in total. The smallest absolute Gasteiger partial charge is 0.335 e. The van der Waals surface area contributed by atoms with Crippen LogP contribution in [0, 0.1) is 6.92 Å². The van der Waals surface area contributed by atoms with E-state index in [1.165, 1.54) is 20.5 Å². The standard InChI is InChI=1S/C12H11N3O2S/c1-7-6-18-11(13-7)15-8-4-3-5-9(16)10(8)14(2)12(15)17/h3-6,16H,1-2H3. The van der Waals surface area contributed by atoms with Gasteiger partial charge in [0.15, 0.2) is 5.13 Å². The van der Waals surface area contributed by atoms with Gasteiger partial charge in [0, 0.05) is 12.4 Å². The first-order valence-electron chi connectivity index (χ1n) is 5.41. The Morgan fingerprint density at radius 3 is 2.83 bits per heavy atom. The summed E-state index contributed by atoms with van der Waals surface area (Å²) in [6.07, 6.45) is 0. The predicted octanol–water partition coefficient (Wildman–Crippen LogP) is 1.80. The molecule has 2 aromatic heterocycles. The van der Waals surface area contributed by atoms with Gasteiger partial charge in [0.05, 0.1) is 11.2 Å². The molecule has 0 bridgehead atoms. The Morgan fingerprint density at radius 1 is 1.39 bits per heavy atom. The fourth-order valence-corrected chi connectivity index (χ4v) is 2.83. The first-order chi connectivity index (χ1) is 8.59. The summed E-state index contributed by atoms with van der Waals surface area (Å²) in [7, 11) is 1.64. The summed E-state index contributed by atoms with van der Waals surface area (Å²) < 4.78 is 2.95. The molecular weight excluding hydrogens is 250 g/mol. The first kappa shape index (κ1) is 11.0. The molecule has 0 atom stereocenters. The minimum absolute atomic E-state index is 0.0964. The van der Waals surface area contributed by atoms with Crippen molar-refractivity contribution in [3.63, 3.8) is 0 Å². The normalized spacial score (nSPS) is 11.2. The number of phenols is 1. The van der Waals surface area contributed by atoms with E-state index >= 15 is 0 Å². The molecule has 0 saturated carbocycles. The topological polar surface area (TPSA) is 60.0 Å². The highest BCUT2D eigenvalue weighted by atomic mass is 32.1. The van der Waals surface area contributed by atoms with Crippen molar-refractivity contribution in [3.8, 4) is 10.9 Å². The van der Waals surface area contributed by atoms with Crippen molar-refractivity contribution in [2.45, 2.75) is 6.92 Å². The summed E-state index contributed by atoms with van der Waals surface area (Å²) in [4.78, 5) is 16.6. The lowest BCUT2D eigenvalue weighted by atomic mass is 10.3. The fourth-order valence-electron chi connectivity index (χ4n) is 2.02. The van der Waals surface area contributed by atoms with Crippen molar-refractivity contribution in [3.05, 3.63) is 39.8 Å². The Labute approximate surface area is 107 Å². The van der Waals surface area contributed by atoms with Crippen molar-refractivity contribution >= 4 is 22.4 Å². The van der Waals surface area contributed by atoms with Crippen molar-refractivity contribution in [2.24, 2.45) is 7.05 Å². The second-order valence-corrected chi connectivity index (χ2v) is 4.93. The molecule has 0 spiro atoms. The number of rotatable bonds is 1. The van der Waals surface area contributed by atoms with E-state index in [4.69, 9.17) is 0 Å². The third-order valence-electron chi connectivity index (χ3n) is 2.85. The lowest BCUT2D eigenvalue weighted by molar-refractivity contribution is 0.478. The Bertz CT molecular complexity index is 797. The van der Waals surface area contributed by atoms with Crippen LogP contribution in [0.25, 0.3) is 16.2 Å². The molecule has 0 aliphatic heterocycles. The number of imidazole rings is 1. The maximum Gasteiger partial charge on any atom is 0.335 e. The molecule has 92 valence electrons. The van der Waals surface area contributed by atoms with Crippen LogP contribution >= 0.6 is 11.3 Å². The van der Waals surface area contributed by atoms with Crippen LogP contribution in [0.15, 0.2) is 28.4 Å². The zero-order valence-electron chi connectivity index (χ0n) is 9.91. The highest BCUT2D eigenvalue weighted by Crippen LogP contribution is 2.25. The Morgan fingerprint density at radius 2 is 2.17 bits per heavy atom. The molecule has 0 amide bonds. The van der Waals surface area contributed by atoms with Crippen LogP contribution in [-0.2, 0) is 7.05 Å². The number of benzene rings is 1. The molecule has 0 unspecified atom stereocenters. The van der Waals surface area contributed by atoms with Gasteiger partial charge in [-0.05, 0) is 19.1 Å². The number of hydrogen-bond acceptors (Lipinski definition) is 4. The zero-order valence-corrected chi connectivity index (χ0v) is 10.7. The Kier molecular flexibility index (Phi) is 2.27. The molecule has 0 aliphatic carbocycles. The largest absolute Gasteiger partial charge is 0.506 e. The molecule has 2 heterocycles. The van der Waals surface area contributed by atoms with E-state index in [1.807, 2.05) is 12.3 Å². The minimum Gasteiger partial charge on any atom is -0.506 e. The van der Waals surface area contributed by atoms with Crippen LogP contribution in [0.5, 0.6) is 5.75 Å². The van der Waals surface area contributed by atoms with Crippen LogP contribution in [0.4, 0.5) is 0 Å². The number of phenolic OH excluding ortho intramolecular Hbond substituents is 1. The number of aryl methyl sites for hydroxylation is 2. The number of hydrogen-bond donors (Lipinski definition) is 1. The Hall–Kier alpha value is -2.08. The molecule has 3 aromatic rings. The number of nitrogens with zero attached hydrogens (tertiary/aromatic N) is 3. The molecule has 1 aromatic carbocycles. The molecule has 5 nitrogen and oxygen atoms in total. The number of aromatic hydroxyl groups is 1. The molecule has 6 heteroatoms. The maximum atomic E-state index is 12.2. The summed E-state index contributed by atoms with van der Waals surface area (Å²) in [5, 5.41) is 12.4. The molecule has 0 fully saturated rings. The highest BCUT2D eigenvalue weighted by Gasteiger charge is 2.16. The van der Waals surface area contributed by atoms with E-state index in [9.17, 15) is 9.90 Å². The molecule has 18 heavy (non-hydrogen) atoms. The summed E-state index contributed by atoms with van der Waals surface area (Å²) in [5.41, 5.74) is 1.85. The molecule has 0 radical (unpaired) electrons. The number of aromatic nitrogens is 3. The summed E-state index contributed by atoms with van der Waals surface area (Å²) >= 11 is 1.41. The zero-order chi connectivity index (χ0) is 12.9. The van der Waals surface area contributed by atoms with E-state index in [0.717, 1.165) is 5.69 Å². The minimum atomic E-state index is -0.208. The summed E-state index contributed by atoms with van der Waals surface area (Å²) in [6.45, 7) is 1.88. The average Bonchev–Trinajstić information content (AvgIpc) is 2.84. The van der Waals surface area contributed by atoms with Crippen LogP contribution < -0.4 is 5.69 Å². The summed E-state index contributed by atoms with van der Waals surface area (Å²) in [5.74, 6) is 0.0964. The third-order valence-corrected chi connectivity index (χ3v) is 3.79. The Balaban J connectivity index is 2.47. The van der Waals surface area contributed by atoms with Crippen LogP contribution in [-0.4, -0.2) is 19.2 Å². The van der Waals surface area contributed by atoms with Gasteiger partial charge < -0.3 is 5.11 Å². The highest BCUT2D eigenvalue weighted by molar-refractivity contribution is 7.12. The van der Waals surface area contributed by atoms with Crippen molar-refractivity contribution in [2.75, 3.05) is 0 Å². The summed E-state index contributed by atoms with van der Waals surface area (Å²) in [6, 6.07) is 5.08. The van der Waals surface area contributed by atoms with E-state index in [-0.39, 0.29) is 11.4 Å². The maximum absolute atomic E-state index is 12.2. The molecule has 0 aliphatic rings. The molecular formula is C12H11N3O2S. The van der Waals surface area contributed by atoms with Gasteiger partial charge in [-0.1, -0.05) is 6.07 Å². The van der Waals surface area contributed by atoms with Crippen LogP contribution in [0.3, 0.4) is 0 Å². The third kappa shape index (κ3) is 1.39. The average molecular weight is 261 g/mol. The van der Waals surface area contributed by atoms with Gasteiger partial charge in [0.2, 0.25) is 0 Å². The lowest BCUT2D eigenvalue weighted by Crippen LogP contribution is -2.20. The van der Waals surface area contributed by atoms with Gasteiger partial charge in [-0.25, -0.2) is 14.3 Å². The number of fused-ring (bicyclic) bond motifs is 1. The molecule has 0 saturated heterocycles. The fraction of sp³-hybridized carbons (Fsp3) is 0.167. The number of thiazole rings is 1. The van der Waals surface area contributed by atoms with Gasteiger partial charge in [-0.15, -0.1) is 11.3 Å². The van der Waals surface area contributed by atoms with Crippen molar-refractivity contribution in [1.29, 1.82) is 0 Å². The van der Waals surface area contributed by atoms with Gasteiger partial charge in [0.25, 0.3) is 0 Å². The number of para-hydroxylation sites is 1. The van der Waals surface area contributed by atoms with Gasteiger partial charge >= 0.3 is 5.69 Å². The van der Waals surface area contributed by atoms with Gasteiger partial charge in [-0.2, -0.15) is 0 Å². The predicted molar refractivity (Wildman–Crippen MR) is 70.6 cm³/mol. The second-order valence-electron chi connectivity index (χ2n) is 4.09. The van der Waals surface area contributed by atoms with Crippen LogP contribution in [0.2, 0.25) is 0 Å². The monoisotopic (exact) mass is 261 g/mol. The van der Waals surface area contributed by atoms with Crippen LogP contribution in [0.1, 0.15) is 5.69 Å². The quantitative estimate of drug-likeness (QED) is 0.726. The van der Waals surface area contributed by atoms with Gasteiger partial charge in [-0.3, -0.25) is 4.57 Å². The van der Waals surface area contributed by atoms with Crippen molar-refractivity contribution < 1.29 is 5.11 Å². The molecule has 3 rings (SSSR count). The van der Waals surface area contributed by atoms with Crippen molar-refractivity contribution in [1.82, 2.24) is 14.1 Å². The lowest BCUT2D eigenvalue weighted by Gasteiger charge is -1.98. The van der Waals surface area contributed by atoms with E-state index in [1.54, 1.807) is 25.2 Å². The van der Waals surface area contributed by atoms with Gasteiger partial charge in [0.1, 0.15) is 11.3 Å².